The number of rotatable bonds is 9. The number of carbonyl (C=O) groups excluding carboxylic acids is 1. The van der Waals surface area contributed by atoms with Gasteiger partial charge in [0, 0.05) is 18.7 Å². The Morgan fingerprint density at radius 3 is 2.61 bits per heavy atom. The van der Waals surface area contributed by atoms with Crippen LogP contribution in [0, 0.1) is 0 Å². The molecule has 3 rings (SSSR count). The van der Waals surface area contributed by atoms with Gasteiger partial charge in [0.1, 0.15) is 5.52 Å². The van der Waals surface area contributed by atoms with Crippen molar-refractivity contribution < 1.29 is 9.21 Å². The quantitative estimate of drug-likeness (QED) is 0.311. The first-order valence-corrected chi connectivity index (χ1v) is 9.73. The fourth-order valence-corrected chi connectivity index (χ4v) is 3.13. The minimum Gasteiger partial charge on any atom is -0.424 e. The van der Waals surface area contributed by atoms with Crippen LogP contribution < -0.4 is 10.6 Å². The van der Waals surface area contributed by atoms with E-state index < -0.39 is 4.46 Å². The van der Waals surface area contributed by atoms with E-state index >= 15 is 0 Å². The van der Waals surface area contributed by atoms with Crippen LogP contribution in [-0.4, -0.2) is 42.5 Å². The maximum Gasteiger partial charge on any atom is 0.296 e. The normalized spacial score (nSPS) is 11.7. The van der Waals surface area contributed by atoms with E-state index in [4.69, 9.17) is 27.6 Å². The Morgan fingerprint density at radius 2 is 1.86 bits per heavy atom. The Labute approximate surface area is 173 Å². The molecule has 0 atom stereocenters. The first-order chi connectivity index (χ1) is 13.5. The van der Waals surface area contributed by atoms with Crippen LogP contribution >= 0.6 is 23.2 Å². The van der Waals surface area contributed by atoms with E-state index in [1.165, 1.54) is 0 Å². The molecule has 148 valence electrons. The van der Waals surface area contributed by atoms with Crippen molar-refractivity contribution in [1.29, 1.82) is 0 Å². The fourth-order valence-electron chi connectivity index (χ4n) is 2.71. The fraction of sp³-hybridized carbons (Fsp3) is 0.300. The number of oxazole rings is 1. The first-order valence-electron chi connectivity index (χ1n) is 8.97. The number of alkyl halides is 2. The third-order valence-corrected chi connectivity index (χ3v) is 5.30. The zero-order valence-electron chi connectivity index (χ0n) is 15.5. The van der Waals surface area contributed by atoms with Crippen molar-refractivity contribution in [3.05, 3.63) is 60.2 Å². The average Bonchev–Trinajstić information content (AvgIpc) is 3.13. The molecular weight excluding hydrogens is 399 g/mol. The summed E-state index contributed by atoms with van der Waals surface area (Å²) < 4.78 is 4.41. The van der Waals surface area contributed by atoms with Crippen molar-refractivity contribution in [1.82, 2.24) is 15.2 Å². The Morgan fingerprint density at radius 1 is 1.14 bits per heavy atom. The SMILES string of the molecule is CN(CCCNC(=O)CNc1nc2ccccc2o1)C(Cl)(Cl)c1ccccc1. The second-order valence-electron chi connectivity index (χ2n) is 6.37. The zero-order valence-corrected chi connectivity index (χ0v) is 17.0. The maximum atomic E-state index is 12.0. The molecule has 6 nitrogen and oxygen atoms in total. The molecule has 0 spiro atoms. The Bertz CT molecular complexity index is 882. The average molecular weight is 421 g/mol. The summed E-state index contributed by atoms with van der Waals surface area (Å²) in [7, 11) is 1.85. The number of nitrogens with zero attached hydrogens (tertiary/aromatic N) is 2. The number of benzene rings is 2. The van der Waals surface area contributed by atoms with Gasteiger partial charge in [-0.1, -0.05) is 65.7 Å². The number of hydrogen-bond donors (Lipinski definition) is 2. The minimum atomic E-state index is -1.11. The van der Waals surface area contributed by atoms with Crippen LogP contribution in [0.2, 0.25) is 0 Å². The maximum absolute atomic E-state index is 12.0. The van der Waals surface area contributed by atoms with Gasteiger partial charge >= 0.3 is 0 Å². The van der Waals surface area contributed by atoms with Gasteiger partial charge < -0.3 is 15.1 Å². The Hall–Kier alpha value is -2.28. The molecule has 2 N–H and O–H groups in total. The molecule has 3 aromatic rings. The molecule has 0 aliphatic carbocycles. The van der Waals surface area contributed by atoms with Crippen LogP contribution in [0.1, 0.15) is 12.0 Å². The van der Waals surface area contributed by atoms with Gasteiger partial charge in [0.05, 0.1) is 6.54 Å². The number of para-hydroxylation sites is 2. The number of amides is 1. The summed E-state index contributed by atoms with van der Waals surface area (Å²) in [5, 5.41) is 5.74. The number of hydrogen-bond acceptors (Lipinski definition) is 5. The Kier molecular flexibility index (Phi) is 6.78. The van der Waals surface area contributed by atoms with Gasteiger partial charge in [0.15, 0.2) is 10.0 Å². The third kappa shape index (κ3) is 5.16. The predicted octanol–water partition coefficient (Wildman–Crippen LogP) is 3.97. The molecular formula is C20H22Cl2N4O2. The minimum absolute atomic E-state index is 0.0849. The number of aromatic nitrogens is 1. The molecule has 0 aliphatic heterocycles. The first kappa shape index (κ1) is 20.5. The van der Waals surface area contributed by atoms with Crippen LogP contribution in [0.4, 0.5) is 6.01 Å². The van der Waals surface area contributed by atoms with Gasteiger partial charge in [-0.15, -0.1) is 0 Å². The van der Waals surface area contributed by atoms with Gasteiger partial charge in [0.25, 0.3) is 6.01 Å². The van der Waals surface area contributed by atoms with Crippen LogP contribution in [0.5, 0.6) is 0 Å². The highest BCUT2D eigenvalue weighted by atomic mass is 35.5. The van der Waals surface area contributed by atoms with Gasteiger partial charge in [0.2, 0.25) is 5.91 Å². The Balaban J connectivity index is 1.38. The molecule has 1 heterocycles. The van der Waals surface area contributed by atoms with E-state index in [2.05, 4.69) is 15.6 Å². The summed E-state index contributed by atoms with van der Waals surface area (Å²) in [5.41, 5.74) is 2.24. The molecule has 28 heavy (non-hydrogen) atoms. The van der Waals surface area contributed by atoms with Crippen molar-refractivity contribution >= 4 is 46.2 Å². The van der Waals surface area contributed by atoms with Crippen LogP contribution in [-0.2, 0) is 9.25 Å². The number of halogens is 2. The lowest BCUT2D eigenvalue weighted by molar-refractivity contribution is -0.119. The summed E-state index contributed by atoms with van der Waals surface area (Å²) in [6.45, 7) is 1.22. The van der Waals surface area contributed by atoms with Crippen molar-refractivity contribution in [3.63, 3.8) is 0 Å². The second-order valence-corrected chi connectivity index (χ2v) is 7.66. The number of carbonyl (C=O) groups is 1. The lowest BCUT2D eigenvalue weighted by atomic mass is 10.2. The molecule has 0 saturated carbocycles. The monoisotopic (exact) mass is 420 g/mol. The standard InChI is InChI=1S/C20H22Cl2N4O2/c1-26(20(21,22)15-8-3-2-4-9-15)13-7-12-23-18(27)14-24-19-25-16-10-5-6-11-17(16)28-19/h2-6,8-11H,7,12-14H2,1H3,(H,23,27)(H,24,25). The van der Waals surface area contributed by atoms with E-state index in [0.717, 1.165) is 11.1 Å². The van der Waals surface area contributed by atoms with E-state index in [9.17, 15) is 4.79 Å². The number of anilines is 1. The lowest BCUT2D eigenvalue weighted by Crippen LogP contribution is -2.37. The highest BCUT2D eigenvalue weighted by Crippen LogP contribution is 2.36. The molecule has 0 fully saturated rings. The number of nitrogens with one attached hydrogen (secondary N) is 2. The van der Waals surface area contributed by atoms with Crippen LogP contribution in [0.15, 0.2) is 59.0 Å². The van der Waals surface area contributed by atoms with Crippen LogP contribution in [0.25, 0.3) is 11.1 Å². The molecule has 2 aromatic carbocycles. The number of fused-ring (bicyclic) bond motifs is 1. The topological polar surface area (TPSA) is 70.4 Å². The highest BCUT2D eigenvalue weighted by Gasteiger charge is 2.31. The summed E-state index contributed by atoms with van der Waals surface area (Å²) >= 11 is 13.0. The highest BCUT2D eigenvalue weighted by molar-refractivity contribution is 6.47. The van der Waals surface area contributed by atoms with Crippen LogP contribution in [0.3, 0.4) is 0 Å². The van der Waals surface area contributed by atoms with Crippen molar-refractivity contribution in [2.75, 3.05) is 32.0 Å². The van der Waals surface area contributed by atoms with E-state index in [0.29, 0.717) is 31.1 Å². The van der Waals surface area contributed by atoms with E-state index in [-0.39, 0.29) is 12.5 Å². The van der Waals surface area contributed by atoms with E-state index in [1.807, 2.05) is 66.5 Å². The molecule has 0 saturated heterocycles. The zero-order chi connectivity index (χ0) is 20.0. The second kappa shape index (κ2) is 9.28. The molecule has 0 unspecified atom stereocenters. The smallest absolute Gasteiger partial charge is 0.296 e. The van der Waals surface area contributed by atoms with Gasteiger partial charge in [-0.3, -0.25) is 9.69 Å². The molecule has 1 amide bonds. The third-order valence-electron chi connectivity index (χ3n) is 4.29. The largest absolute Gasteiger partial charge is 0.424 e. The van der Waals surface area contributed by atoms with Crippen molar-refractivity contribution in [2.24, 2.45) is 0 Å². The summed E-state index contributed by atoms with van der Waals surface area (Å²) in [6, 6.07) is 17.2. The van der Waals surface area contributed by atoms with Gasteiger partial charge in [-0.25, -0.2) is 0 Å². The van der Waals surface area contributed by atoms with Gasteiger partial charge in [-0.2, -0.15) is 4.98 Å². The molecule has 0 bridgehead atoms. The van der Waals surface area contributed by atoms with E-state index in [1.54, 1.807) is 0 Å². The summed E-state index contributed by atoms with van der Waals surface area (Å²) in [5.74, 6) is -0.143. The summed E-state index contributed by atoms with van der Waals surface area (Å²) in [4.78, 5) is 18.1. The predicted molar refractivity (Wildman–Crippen MR) is 113 cm³/mol. The van der Waals surface area contributed by atoms with Gasteiger partial charge in [-0.05, 0) is 25.6 Å². The van der Waals surface area contributed by atoms with Crippen molar-refractivity contribution in [3.8, 4) is 0 Å². The molecule has 8 heteroatoms. The molecule has 0 radical (unpaired) electrons. The lowest BCUT2D eigenvalue weighted by Gasteiger charge is -2.31. The van der Waals surface area contributed by atoms with Crippen molar-refractivity contribution in [2.45, 2.75) is 10.9 Å². The molecule has 1 aromatic heterocycles. The molecule has 0 aliphatic rings. The summed E-state index contributed by atoms with van der Waals surface area (Å²) in [6.07, 6.45) is 0.707.